The normalized spacial score (nSPS) is 20.5. The molecule has 1 saturated heterocycles. The van der Waals surface area contributed by atoms with E-state index < -0.39 is 0 Å². The van der Waals surface area contributed by atoms with E-state index in [0.717, 1.165) is 17.0 Å². The number of H-pyrrole nitrogens is 1. The van der Waals surface area contributed by atoms with Crippen LogP contribution in [0.1, 0.15) is 29.8 Å². The predicted octanol–water partition coefficient (Wildman–Crippen LogP) is -0.0787. The first-order valence-corrected chi connectivity index (χ1v) is 5.65. The number of aromatic nitrogens is 2. The maximum absolute atomic E-state index is 11.5. The zero-order valence-electron chi connectivity index (χ0n) is 9.96. The van der Waals surface area contributed by atoms with Crippen molar-refractivity contribution < 1.29 is 9.59 Å². The Hall–Kier alpha value is -1.69. The molecule has 3 N–H and O–H groups in total. The summed E-state index contributed by atoms with van der Waals surface area (Å²) in [7, 11) is 0. The van der Waals surface area contributed by atoms with Gasteiger partial charge in [0.25, 0.3) is 0 Å². The second-order valence-corrected chi connectivity index (χ2v) is 4.30. The van der Waals surface area contributed by atoms with Crippen LogP contribution in [0.15, 0.2) is 0 Å². The highest BCUT2D eigenvalue weighted by molar-refractivity contribution is 6.00. The Morgan fingerprint density at radius 1 is 1.41 bits per heavy atom. The first kappa shape index (κ1) is 11.8. The van der Waals surface area contributed by atoms with Crippen molar-refractivity contribution in [3.8, 4) is 0 Å². The highest BCUT2D eigenvalue weighted by Gasteiger charge is 2.26. The summed E-state index contributed by atoms with van der Waals surface area (Å²) in [5, 5.41) is 12.5. The smallest absolute Gasteiger partial charge is 0.243 e. The number of nitrogens with one attached hydrogen (secondary N) is 3. The Balaban J connectivity index is 1.95. The zero-order chi connectivity index (χ0) is 12.4. The van der Waals surface area contributed by atoms with Crippen LogP contribution in [-0.4, -0.2) is 28.1 Å². The average molecular weight is 236 g/mol. The van der Waals surface area contributed by atoms with Gasteiger partial charge in [-0.15, -0.1) is 0 Å². The number of nitrogens with zero attached hydrogens (tertiary/aromatic N) is 1. The maximum atomic E-state index is 11.5. The predicted molar refractivity (Wildman–Crippen MR) is 61.1 cm³/mol. The molecule has 6 nitrogen and oxygen atoms in total. The number of carbonyl (C=O) groups is 2. The lowest BCUT2D eigenvalue weighted by Gasteiger charge is -2.21. The fraction of sp³-hybridized carbons (Fsp3) is 0.545. The molecule has 1 atom stereocenters. The minimum Gasteiger partial charge on any atom is -0.302 e. The molecule has 0 aromatic carbocycles. The van der Waals surface area contributed by atoms with E-state index in [1.54, 1.807) is 0 Å². The molecule has 1 aliphatic heterocycles. The SMILES string of the molecule is Cc1n[nH]c(C)c1CNC1CCC(=O)NC1=O. The standard InChI is InChI=1S/C11H16N4O2/c1-6-8(7(2)15-14-6)5-12-9-3-4-10(16)13-11(9)17/h9,12H,3-5H2,1-2H3,(H,14,15)(H,13,16,17). The quantitative estimate of drug-likeness (QED) is 0.641. The fourth-order valence-corrected chi connectivity index (χ4v) is 1.95. The van der Waals surface area contributed by atoms with Gasteiger partial charge in [0.15, 0.2) is 0 Å². The van der Waals surface area contributed by atoms with E-state index in [0.29, 0.717) is 19.4 Å². The molecule has 17 heavy (non-hydrogen) atoms. The summed E-state index contributed by atoms with van der Waals surface area (Å²) in [6, 6.07) is -0.290. The number of rotatable bonds is 3. The van der Waals surface area contributed by atoms with Crippen LogP contribution in [-0.2, 0) is 16.1 Å². The van der Waals surface area contributed by atoms with Gasteiger partial charge in [0, 0.05) is 24.2 Å². The van der Waals surface area contributed by atoms with Crippen LogP contribution in [0.4, 0.5) is 0 Å². The molecular weight excluding hydrogens is 220 g/mol. The summed E-state index contributed by atoms with van der Waals surface area (Å²) in [6.45, 7) is 4.45. The average Bonchev–Trinajstić information content (AvgIpc) is 2.58. The van der Waals surface area contributed by atoms with Gasteiger partial charge < -0.3 is 5.32 Å². The van der Waals surface area contributed by atoms with E-state index >= 15 is 0 Å². The second-order valence-electron chi connectivity index (χ2n) is 4.30. The third-order valence-corrected chi connectivity index (χ3v) is 3.05. The number of aryl methyl sites for hydroxylation is 2. The van der Waals surface area contributed by atoms with E-state index in [2.05, 4.69) is 20.8 Å². The fourth-order valence-electron chi connectivity index (χ4n) is 1.95. The van der Waals surface area contributed by atoms with Crippen LogP contribution in [0.2, 0.25) is 0 Å². The molecule has 0 radical (unpaired) electrons. The third-order valence-electron chi connectivity index (χ3n) is 3.05. The van der Waals surface area contributed by atoms with Crippen molar-refractivity contribution in [3.05, 3.63) is 17.0 Å². The maximum Gasteiger partial charge on any atom is 0.243 e. The van der Waals surface area contributed by atoms with Crippen molar-refractivity contribution in [1.29, 1.82) is 0 Å². The molecule has 6 heteroatoms. The van der Waals surface area contributed by atoms with Gasteiger partial charge in [-0.25, -0.2) is 0 Å². The lowest BCUT2D eigenvalue weighted by Crippen LogP contribution is -2.50. The first-order chi connectivity index (χ1) is 8.08. The van der Waals surface area contributed by atoms with Crippen LogP contribution < -0.4 is 10.6 Å². The zero-order valence-corrected chi connectivity index (χ0v) is 9.96. The molecule has 1 fully saturated rings. The molecule has 2 heterocycles. The van der Waals surface area contributed by atoms with E-state index in [1.807, 2.05) is 13.8 Å². The topological polar surface area (TPSA) is 86.9 Å². The summed E-state index contributed by atoms with van der Waals surface area (Å²) in [4.78, 5) is 22.5. The number of aromatic amines is 1. The second kappa shape index (κ2) is 4.67. The highest BCUT2D eigenvalue weighted by Crippen LogP contribution is 2.11. The van der Waals surface area contributed by atoms with Gasteiger partial charge in [-0.2, -0.15) is 5.10 Å². The Morgan fingerprint density at radius 2 is 2.18 bits per heavy atom. The lowest BCUT2D eigenvalue weighted by molar-refractivity contribution is -0.134. The number of carbonyl (C=O) groups excluding carboxylic acids is 2. The van der Waals surface area contributed by atoms with Crippen molar-refractivity contribution >= 4 is 11.8 Å². The minimum atomic E-state index is -0.290. The Morgan fingerprint density at radius 3 is 2.76 bits per heavy atom. The number of hydrogen-bond acceptors (Lipinski definition) is 4. The molecule has 1 aromatic rings. The molecule has 0 aliphatic carbocycles. The van der Waals surface area contributed by atoms with Crippen molar-refractivity contribution in [3.63, 3.8) is 0 Å². The molecule has 0 saturated carbocycles. The van der Waals surface area contributed by atoms with E-state index in [9.17, 15) is 9.59 Å². The highest BCUT2D eigenvalue weighted by atomic mass is 16.2. The molecule has 2 rings (SSSR count). The van der Waals surface area contributed by atoms with Crippen molar-refractivity contribution in [1.82, 2.24) is 20.8 Å². The van der Waals surface area contributed by atoms with Crippen LogP contribution in [0, 0.1) is 13.8 Å². The van der Waals surface area contributed by atoms with Gasteiger partial charge in [-0.05, 0) is 20.3 Å². The van der Waals surface area contributed by atoms with Crippen molar-refractivity contribution in [2.45, 2.75) is 39.3 Å². The third kappa shape index (κ3) is 2.52. The van der Waals surface area contributed by atoms with Gasteiger partial charge in [0.1, 0.15) is 0 Å². The monoisotopic (exact) mass is 236 g/mol. The van der Waals surface area contributed by atoms with Crippen molar-refractivity contribution in [2.24, 2.45) is 0 Å². The van der Waals surface area contributed by atoms with Gasteiger partial charge in [0.05, 0.1) is 11.7 Å². The van der Waals surface area contributed by atoms with E-state index in [-0.39, 0.29) is 17.9 Å². The molecule has 0 bridgehead atoms. The molecule has 92 valence electrons. The Kier molecular flexibility index (Phi) is 3.23. The van der Waals surface area contributed by atoms with Crippen LogP contribution in [0.25, 0.3) is 0 Å². The molecule has 2 amide bonds. The molecular formula is C11H16N4O2. The summed E-state index contributed by atoms with van der Waals surface area (Å²) in [5.74, 6) is -0.427. The lowest BCUT2D eigenvalue weighted by atomic mass is 10.1. The van der Waals surface area contributed by atoms with Gasteiger partial charge in [-0.1, -0.05) is 0 Å². The summed E-state index contributed by atoms with van der Waals surface area (Å²) >= 11 is 0. The summed E-state index contributed by atoms with van der Waals surface area (Å²) in [5.41, 5.74) is 3.01. The van der Waals surface area contributed by atoms with Gasteiger partial charge >= 0.3 is 0 Å². The molecule has 1 aliphatic rings. The minimum absolute atomic E-state index is 0.191. The van der Waals surface area contributed by atoms with E-state index in [1.165, 1.54) is 0 Å². The molecule has 0 spiro atoms. The number of amides is 2. The van der Waals surface area contributed by atoms with Gasteiger partial charge in [-0.3, -0.25) is 20.0 Å². The summed E-state index contributed by atoms with van der Waals surface area (Å²) < 4.78 is 0. The van der Waals surface area contributed by atoms with Crippen LogP contribution in [0.3, 0.4) is 0 Å². The first-order valence-electron chi connectivity index (χ1n) is 5.65. The van der Waals surface area contributed by atoms with E-state index in [4.69, 9.17) is 0 Å². The number of hydrogen-bond donors (Lipinski definition) is 3. The Bertz CT molecular complexity index is 433. The van der Waals surface area contributed by atoms with Crippen LogP contribution in [0.5, 0.6) is 0 Å². The van der Waals surface area contributed by atoms with Gasteiger partial charge in [0.2, 0.25) is 11.8 Å². The number of imide groups is 1. The summed E-state index contributed by atoms with van der Waals surface area (Å²) in [6.07, 6.45) is 0.952. The molecule has 1 unspecified atom stereocenters. The van der Waals surface area contributed by atoms with Crippen LogP contribution >= 0.6 is 0 Å². The number of piperidine rings is 1. The molecule has 1 aromatic heterocycles. The largest absolute Gasteiger partial charge is 0.302 e. The Labute approximate surface area is 99.2 Å². The van der Waals surface area contributed by atoms with Crippen molar-refractivity contribution in [2.75, 3.05) is 0 Å².